The molecule has 0 atom stereocenters. The predicted molar refractivity (Wildman–Crippen MR) is 100 cm³/mol. The average Bonchev–Trinajstić information content (AvgIpc) is 2.66. The molecule has 3 rings (SSSR count). The standard InChI is InChI=1S/C19H20ClFN4O/c20-15-10-14(6-7-16(15)21)25-18-12-23-17(11-24-18)19(26)22-9-8-13-4-2-1-3-5-13/h4,6-7,10-12H,1-3,5,8-9H2,(H,22,26)(H,24,25). The van der Waals surface area contributed by atoms with E-state index in [-0.39, 0.29) is 16.6 Å². The van der Waals surface area contributed by atoms with Crippen LogP contribution in [0.5, 0.6) is 0 Å². The normalized spacial score (nSPS) is 13.8. The maximum absolute atomic E-state index is 13.2. The van der Waals surface area contributed by atoms with E-state index < -0.39 is 5.82 Å². The lowest BCUT2D eigenvalue weighted by atomic mass is 9.97. The number of amides is 1. The summed E-state index contributed by atoms with van der Waals surface area (Å²) in [5.74, 6) is -0.291. The molecule has 0 aliphatic heterocycles. The Bertz CT molecular complexity index is 808. The van der Waals surface area contributed by atoms with Crippen LogP contribution in [0.4, 0.5) is 15.9 Å². The van der Waals surface area contributed by atoms with Crippen molar-refractivity contribution in [2.24, 2.45) is 0 Å². The molecule has 1 aromatic heterocycles. The molecule has 1 heterocycles. The van der Waals surface area contributed by atoms with Crippen molar-refractivity contribution in [2.75, 3.05) is 11.9 Å². The summed E-state index contributed by atoms with van der Waals surface area (Å²) in [6.45, 7) is 0.598. The van der Waals surface area contributed by atoms with E-state index in [9.17, 15) is 9.18 Å². The van der Waals surface area contributed by atoms with Crippen LogP contribution in [0, 0.1) is 5.82 Å². The number of rotatable bonds is 6. The van der Waals surface area contributed by atoms with Gasteiger partial charge in [-0.15, -0.1) is 0 Å². The van der Waals surface area contributed by atoms with Gasteiger partial charge in [0, 0.05) is 12.2 Å². The number of hydrogen-bond acceptors (Lipinski definition) is 4. The van der Waals surface area contributed by atoms with E-state index in [1.165, 1.54) is 42.9 Å². The van der Waals surface area contributed by atoms with Crippen molar-refractivity contribution in [1.29, 1.82) is 0 Å². The van der Waals surface area contributed by atoms with Crippen molar-refractivity contribution in [1.82, 2.24) is 15.3 Å². The van der Waals surface area contributed by atoms with Gasteiger partial charge in [-0.3, -0.25) is 4.79 Å². The molecule has 136 valence electrons. The van der Waals surface area contributed by atoms with E-state index in [0.29, 0.717) is 18.1 Å². The molecule has 1 aliphatic rings. The highest BCUT2D eigenvalue weighted by molar-refractivity contribution is 6.31. The molecule has 0 unspecified atom stereocenters. The maximum Gasteiger partial charge on any atom is 0.271 e. The lowest BCUT2D eigenvalue weighted by Crippen LogP contribution is -2.26. The van der Waals surface area contributed by atoms with Crippen LogP contribution in [0.1, 0.15) is 42.6 Å². The van der Waals surface area contributed by atoms with Crippen molar-refractivity contribution in [3.63, 3.8) is 0 Å². The van der Waals surface area contributed by atoms with Crippen LogP contribution in [-0.2, 0) is 0 Å². The molecule has 1 amide bonds. The van der Waals surface area contributed by atoms with Crippen LogP contribution < -0.4 is 10.6 Å². The van der Waals surface area contributed by atoms with Crippen molar-refractivity contribution in [3.05, 3.63) is 58.8 Å². The molecule has 0 spiro atoms. The Hall–Kier alpha value is -2.47. The van der Waals surface area contributed by atoms with E-state index in [0.717, 1.165) is 19.3 Å². The van der Waals surface area contributed by atoms with Crippen LogP contribution in [0.25, 0.3) is 0 Å². The summed E-state index contributed by atoms with van der Waals surface area (Å²) in [7, 11) is 0. The van der Waals surface area contributed by atoms with Gasteiger partial charge in [-0.1, -0.05) is 23.3 Å². The van der Waals surface area contributed by atoms with Gasteiger partial charge in [0.25, 0.3) is 5.91 Å². The summed E-state index contributed by atoms with van der Waals surface area (Å²) in [6.07, 6.45) is 10.8. The number of nitrogens with zero attached hydrogens (tertiary/aromatic N) is 2. The van der Waals surface area contributed by atoms with E-state index in [1.807, 2.05) is 0 Å². The van der Waals surface area contributed by atoms with Gasteiger partial charge in [0.05, 0.1) is 17.4 Å². The van der Waals surface area contributed by atoms with Gasteiger partial charge in [-0.2, -0.15) is 0 Å². The fourth-order valence-corrected chi connectivity index (χ4v) is 2.97. The molecular formula is C19H20ClFN4O. The van der Waals surface area contributed by atoms with Gasteiger partial charge in [0.15, 0.2) is 0 Å². The zero-order chi connectivity index (χ0) is 18.4. The number of benzene rings is 1. The zero-order valence-corrected chi connectivity index (χ0v) is 15.0. The predicted octanol–water partition coefficient (Wildman–Crippen LogP) is 4.63. The third-order valence-corrected chi connectivity index (χ3v) is 4.48. The second kappa shape index (κ2) is 8.76. The second-order valence-corrected chi connectivity index (χ2v) is 6.56. The van der Waals surface area contributed by atoms with E-state index in [1.54, 1.807) is 6.07 Å². The topological polar surface area (TPSA) is 66.9 Å². The Morgan fingerprint density at radius 2 is 2.12 bits per heavy atom. The minimum absolute atomic E-state index is 0.0204. The number of halogens is 2. The third kappa shape index (κ3) is 5.02. The van der Waals surface area contributed by atoms with Gasteiger partial charge in [0.2, 0.25) is 0 Å². The Morgan fingerprint density at radius 3 is 2.81 bits per heavy atom. The molecule has 0 fully saturated rings. The minimum atomic E-state index is -0.487. The molecule has 0 saturated heterocycles. The molecule has 1 aliphatic carbocycles. The quantitative estimate of drug-likeness (QED) is 0.723. The van der Waals surface area contributed by atoms with Gasteiger partial charge < -0.3 is 10.6 Å². The Kier molecular flexibility index (Phi) is 6.17. The first-order valence-corrected chi connectivity index (χ1v) is 9.00. The fourth-order valence-electron chi connectivity index (χ4n) is 2.79. The van der Waals surface area contributed by atoms with E-state index in [2.05, 4.69) is 26.7 Å². The Balaban J connectivity index is 1.52. The average molecular weight is 375 g/mol. The van der Waals surface area contributed by atoms with Gasteiger partial charge in [-0.25, -0.2) is 14.4 Å². The first kappa shape index (κ1) is 18.3. The first-order valence-electron chi connectivity index (χ1n) is 8.62. The van der Waals surface area contributed by atoms with Crippen LogP contribution in [-0.4, -0.2) is 22.4 Å². The number of nitrogens with one attached hydrogen (secondary N) is 2. The van der Waals surface area contributed by atoms with Crippen LogP contribution >= 0.6 is 11.6 Å². The smallest absolute Gasteiger partial charge is 0.271 e. The number of aromatic nitrogens is 2. The number of anilines is 2. The SMILES string of the molecule is O=C(NCCC1=CCCCC1)c1cnc(Nc2ccc(F)c(Cl)c2)cn1. The summed E-state index contributed by atoms with van der Waals surface area (Å²) >= 11 is 5.74. The van der Waals surface area contributed by atoms with Crippen molar-refractivity contribution >= 4 is 29.0 Å². The van der Waals surface area contributed by atoms with E-state index in [4.69, 9.17) is 11.6 Å². The lowest BCUT2D eigenvalue weighted by molar-refractivity contribution is 0.0948. The molecule has 26 heavy (non-hydrogen) atoms. The largest absolute Gasteiger partial charge is 0.350 e. The Labute approximate surface area is 156 Å². The maximum atomic E-state index is 13.2. The Morgan fingerprint density at radius 1 is 1.23 bits per heavy atom. The molecule has 0 bridgehead atoms. The summed E-state index contributed by atoms with van der Waals surface area (Å²) in [6, 6.07) is 4.27. The molecule has 7 heteroatoms. The molecule has 5 nitrogen and oxygen atoms in total. The summed E-state index contributed by atoms with van der Waals surface area (Å²) in [5.41, 5.74) is 2.26. The molecule has 0 saturated carbocycles. The fraction of sp³-hybridized carbons (Fsp3) is 0.316. The van der Waals surface area contributed by atoms with Gasteiger partial charge in [0.1, 0.15) is 17.3 Å². The summed E-state index contributed by atoms with van der Waals surface area (Å²) < 4.78 is 13.2. The van der Waals surface area contributed by atoms with Crippen LogP contribution in [0.3, 0.4) is 0 Å². The van der Waals surface area contributed by atoms with Gasteiger partial charge >= 0.3 is 0 Å². The number of allylic oxidation sites excluding steroid dienone is 1. The van der Waals surface area contributed by atoms with Crippen molar-refractivity contribution < 1.29 is 9.18 Å². The number of carbonyl (C=O) groups is 1. The number of hydrogen-bond donors (Lipinski definition) is 2. The summed E-state index contributed by atoms with van der Waals surface area (Å²) in [5, 5.41) is 5.85. The van der Waals surface area contributed by atoms with Crippen LogP contribution in [0.2, 0.25) is 5.02 Å². The van der Waals surface area contributed by atoms with Gasteiger partial charge in [-0.05, 0) is 50.3 Å². The minimum Gasteiger partial charge on any atom is -0.350 e. The zero-order valence-electron chi connectivity index (χ0n) is 14.3. The third-order valence-electron chi connectivity index (χ3n) is 4.19. The molecule has 2 N–H and O–H groups in total. The van der Waals surface area contributed by atoms with Crippen LogP contribution in [0.15, 0.2) is 42.2 Å². The van der Waals surface area contributed by atoms with E-state index >= 15 is 0 Å². The van der Waals surface area contributed by atoms with Crippen molar-refractivity contribution in [2.45, 2.75) is 32.1 Å². The lowest BCUT2D eigenvalue weighted by Gasteiger charge is -2.12. The number of carbonyl (C=O) groups excluding carboxylic acids is 1. The highest BCUT2D eigenvalue weighted by Gasteiger charge is 2.09. The molecule has 1 aromatic carbocycles. The monoisotopic (exact) mass is 374 g/mol. The second-order valence-electron chi connectivity index (χ2n) is 6.15. The molecule has 0 radical (unpaired) electrons. The molecule has 2 aromatic rings. The highest BCUT2D eigenvalue weighted by Crippen LogP contribution is 2.22. The molecular weight excluding hydrogens is 355 g/mol. The van der Waals surface area contributed by atoms with Crippen molar-refractivity contribution in [3.8, 4) is 0 Å². The first-order chi connectivity index (χ1) is 12.6. The summed E-state index contributed by atoms with van der Waals surface area (Å²) in [4.78, 5) is 20.4. The highest BCUT2D eigenvalue weighted by atomic mass is 35.5.